The molecule has 1 aliphatic rings. The normalized spacial score (nSPS) is 16.2. The number of para-hydroxylation sites is 1. The van der Waals surface area contributed by atoms with Gasteiger partial charge >= 0.3 is 0 Å². The lowest BCUT2D eigenvalue weighted by Gasteiger charge is -2.11. The Morgan fingerprint density at radius 3 is 2.81 bits per heavy atom. The fourth-order valence-electron chi connectivity index (χ4n) is 2.48. The van der Waals surface area contributed by atoms with Gasteiger partial charge in [-0.3, -0.25) is 4.79 Å². The minimum Gasteiger partial charge on any atom is -0.384 e. The second-order valence-corrected chi connectivity index (χ2v) is 4.99. The Morgan fingerprint density at radius 1 is 1.19 bits per heavy atom. The molecule has 21 heavy (non-hydrogen) atoms. The highest BCUT2D eigenvalue weighted by molar-refractivity contribution is 5.88. The number of halogens is 2. The summed E-state index contributed by atoms with van der Waals surface area (Å²) in [5, 5.41) is 5.94. The number of amides is 1. The summed E-state index contributed by atoms with van der Waals surface area (Å²) in [6.45, 7) is 0.720. The van der Waals surface area contributed by atoms with Crippen molar-refractivity contribution in [2.75, 3.05) is 11.9 Å². The maximum atomic E-state index is 13.1. The molecule has 1 amide bonds. The van der Waals surface area contributed by atoms with Crippen molar-refractivity contribution in [1.82, 2.24) is 5.32 Å². The van der Waals surface area contributed by atoms with E-state index in [1.165, 1.54) is 6.07 Å². The van der Waals surface area contributed by atoms with Gasteiger partial charge in [-0.25, -0.2) is 8.78 Å². The van der Waals surface area contributed by atoms with Crippen LogP contribution in [-0.4, -0.2) is 12.5 Å². The highest BCUT2D eigenvalue weighted by Gasteiger charge is 2.27. The van der Waals surface area contributed by atoms with E-state index in [-0.39, 0.29) is 18.4 Å². The monoisotopic (exact) mass is 288 g/mol. The van der Waals surface area contributed by atoms with Gasteiger partial charge in [-0.1, -0.05) is 24.3 Å². The van der Waals surface area contributed by atoms with E-state index in [0.717, 1.165) is 23.4 Å². The Labute approximate surface area is 121 Å². The maximum Gasteiger partial charge on any atom is 0.229 e. The molecule has 3 nitrogen and oxygen atoms in total. The van der Waals surface area contributed by atoms with E-state index in [1.807, 2.05) is 24.3 Å². The number of anilines is 1. The summed E-state index contributed by atoms with van der Waals surface area (Å²) in [6.07, 6.45) is 0. The molecule has 0 spiro atoms. The first kappa shape index (κ1) is 13.5. The first-order valence-corrected chi connectivity index (χ1v) is 6.69. The minimum absolute atomic E-state index is 0.128. The van der Waals surface area contributed by atoms with Crippen LogP contribution in [-0.2, 0) is 11.3 Å². The van der Waals surface area contributed by atoms with Gasteiger partial charge in [0.1, 0.15) is 0 Å². The third-order valence-corrected chi connectivity index (χ3v) is 3.60. The first-order chi connectivity index (χ1) is 10.1. The zero-order chi connectivity index (χ0) is 14.8. The molecule has 2 aromatic rings. The van der Waals surface area contributed by atoms with Crippen LogP contribution in [0.1, 0.15) is 17.0 Å². The van der Waals surface area contributed by atoms with Gasteiger partial charge in [0.2, 0.25) is 5.91 Å². The Hall–Kier alpha value is -2.43. The second-order valence-electron chi connectivity index (χ2n) is 4.99. The summed E-state index contributed by atoms with van der Waals surface area (Å²) in [7, 11) is 0. The van der Waals surface area contributed by atoms with E-state index in [4.69, 9.17) is 0 Å². The van der Waals surface area contributed by atoms with Crippen LogP contribution >= 0.6 is 0 Å². The molecule has 2 N–H and O–H groups in total. The summed E-state index contributed by atoms with van der Waals surface area (Å²) in [6, 6.07) is 11.3. The lowest BCUT2D eigenvalue weighted by atomic mass is 10.0. The third-order valence-electron chi connectivity index (χ3n) is 3.60. The molecule has 0 radical (unpaired) electrons. The smallest absolute Gasteiger partial charge is 0.229 e. The van der Waals surface area contributed by atoms with Crippen molar-refractivity contribution in [3.8, 4) is 0 Å². The molecule has 1 atom stereocenters. The lowest BCUT2D eigenvalue weighted by Crippen LogP contribution is -2.30. The highest BCUT2D eigenvalue weighted by atomic mass is 19.2. The van der Waals surface area contributed by atoms with Crippen LogP contribution in [0.5, 0.6) is 0 Å². The molecule has 0 aromatic heterocycles. The standard InChI is InChI=1S/C16H14F2N2O/c17-13-6-5-10(7-14(13)18)8-20-16(21)12-9-19-15-4-2-1-3-11(12)15/h1-7,12,19H,8-9H2,(H,20,21). The van der Waals surface area contributed by atoms with Crippen molar-refractivity contribution in [2.45, 2.75) is 12.5 Å². The van der Waals surface area contributed by atoms with Gasteiger partial charge in [0, 0.05) is 18.8 Å². The van der Waals surface area contributed by atoms with Crippen LogP contribution in [0.4, 0.5) is 14.5 Å². The topological polar surface area (TPSA) is 41.1 Å². The van der Waals surface area contributed by atoms with Crippen LogP contribution in [0.25, 0.3) is 0 Å². The summed E-state index contributed by atoms with van der Waals surface area (Å²) >= 11 is 0. The van der Waals surface area contributed by atoms with Gasteiger partial charge in [0.05, 0.1) is 5.92 Å². The number of rotatable bonds is 3. The highest BCUT2D eigenvalue weighted by Crippen LogP contribution is 2.30. The fourth-order valence-corrected chi connectivity index (χ4v) is 2.48. The van der Waals surface area contributed by atoms with Crippen LogP contribution in [0.3, 0.4) is 0 Å². The molecular formula is C16H14F2N2O. The van der Waals surface area contributed by atoms with E-state index in [2.05, 4.69) is 10.6 Å². The van der Waals surface area contributed by atoms with E-state index >= 15 is 0 Å². The molecular weight excluding hydrogens is 274 g/mol. The molecule has 1 heterocycles. The zero-order valence-electron chi connectivity index (χ0n) is 11.2. The second kappa shape index (κ2) is 5.52. The van der Waals surface area contributed by atoms with Crippen molar-refractivity contribution in [2.24, 2.45) is 0 Å². The Morgan fingerprint density at radius 2 is 2.00 bits per heavy atom. The van der Waals surface area contributed by atoms with E-state index in [9.17, 15) is 13.6 Å². The molecule has 0 fully saturated rings. The van der Waals surface area contributed by atoms with Crippen molar-refractivity contribution >= 4 is 11.6 Å². The molecule has 108 valence electrons. The van der Waals surface area contributed by atoms with Gasteiger partial charge < -0.3 is 10.6 Å². The molecule has 0 saturated carbocycles. The zero-order valence-corrected chi connectivity index (χ0v) is 11.2. The van der Waals surface area contributed by atoms with E-state index < -0.39 is 11.6 Å². The average Bonchev–Trinajstić information content (AvgIpc) is 2.92. The molecule has 0 aliphatic carbocycles. The summed E-state index contributed by atoms with van der Waals surface area (Å²) in [4.78, 5) is 12.2. The lowest BCUT2D eigenvalue weighted by molar-refractivity contribution is -0.122. The van der Waals surface area contributed by atoms with Crippen molar-refractivity contribution in [1.29, 1.82) is 0 Å². The number of fused-ring (bicyclic) bond motifs is 1. The molecule has 0 bridgehead atoms. The number of nitrogens with one attached hydrogen (secondary N) is 2. The summed E-state index contributed by atoms with van der Waals surface area (Å²) < 4.78 is 25.9. The SMILES string of the molecule is O=C(NCc1ccc(F)c(F)c1)C1CNc2ccccc21. The Kier molecular flexibility index (Phi) is 3.56. The fraction of sp³-hybridized carbons (Fsp3) is 0.188. The predicted octanol–water partition coefficient (Wildman–Crippen LogP) is 2.79. The van der Waals surface area contributed by atoms with Crippen molar-refractivity contribution < 1.29 is 13.6 Å². The summed E-state index contributed by atoms with van der Waals surface area (Å²) in [5.74, 6) is -2.18. The van der Waals surface area contributed by atoms with Gasteiger partial charge in [0.25, 0.3) is 0 Å². The Balaban J connectivity index is 1.66. The number of hydrogen-bond acceptors (Lipinski definition) is 2. The largest absolute Gasteiger partial charge is 0.384 e. The molecule has 1 unspecified atom stereocenters. The third kappa shape index (κ3) is 2.72. The quantitative estimate of drug-likeness (QED) is 0.912. The van der Waals surface area contributed by atoms with Crippen molar-refractivity contribution in [3.05, 3.63) is 65.2 Å². The molecule has 5 heteroatoms. The molecule has 2 aromatic carbocycles. The molecule has 0 saturated heterocycles. The Bertz CT molecular complexity index is 688. The predicted molar refractivity (Wildman–Crippen MR) is 75.9 cm³/mol. The van der Waals surface area contributed by atoms with E-state index in [1.54, 1.807) is 0 Å². The van der Waals surface area contributed by atoms with Gasteiger partial charge in [-0.15, -0.1) is 0 Å². The molecule has 3 rings (SSSR count). The van der Waals surface area contributed by atoms with Crippen LogP contribution in [0.15, 0.2) is 42.5 Å². The van der Waals surface area contributed by atoms with Gasteiger partial charge in [-0.05, 0) is 29.3 Å². The van der Waals surface area contributed by atoms with Gasteiger partial charge in [-0.2, -0.15) is 0 Å². The average molecular weight is 288 g/mol. The number of carbonyl (C=O) groups is 1. The maximum absolute atomic E-state index is 13.1. The van der Waals surface area contributed by atoms with Crippen LogP contribution in [0.2, 0.25) is 0 Å². The summed E-state index contributed by atoms with van der Waals surface area (Å²) in [5.41, 5.74) is 2.45. The molecule has 1 aliphatic heterocycles. The number of carbonyl (C=O) groups excluding carboxylic acids is 1. The van der Waals surface area contributed by atoms with Crippen LogP contribution in [0, 0.1) is 11.6 Å². The minimum atomic E-state index is -0.908. The number of hydrogen-bond donors (Lipinski definition) is 2. The van der Waals surface area contributed by atoms with Crippen molar-refractivity contribution in [3.63, 3.8) is 0 Å². The van der Waals surface area contributed by atoms with Gasteiger partial charge in [0.15, 0.2) is 11.6 Å². The number of benzene rings is 2. The van der Waals surface area contributed by atoms with E-state index in [0.29, 0.717) is 12.1 Å². The first-order valence-electron chi connectivity index (χ1n) is 6.69. The van der Waals surface area contributed by atoms with Crippen LogP contribution < -0.4 is 10.6 Å².